The maximum Gasteiger partial charge on any atom is 0.341 e. The smallest absolute Gasteiger partial charge is 0.341 e. The molecule has 0 radical (unpaired) electrons. The van der Waals surface area contributed by atoms with Gasteiger partial charge in [-0.3, -0.25) is 9.59 Å². The number of methoxy groups -OCH3 is 12. The standard InChI is InChI=1S/C73H92N2O20.2HI/c1-74(28-26-48-36-66(88-11)68(90-13)40-52(48)54(74)32-46-18-22-58(80-3)62(34-46)84-7)42-70(94-44-56(76)50-20-24-60(82-5)64(38-50)86-9)72(78)92-30-16-15-17-31-93-73(79)71(95-45-57(77)51-21-25-61(83-6)65(39-51)87-10)43-75(2)29-27-49-37-67(89-12)69(91-14)41-53(49)55(75)33-47-19-23-59(81-4)63(35-47)85-8;;/h18-25,34-41,54-55,70-71H,15-17,26-33,42-45H2,1-14H3;2*1H/q+2;;/p-2. The zero-order valence-electron chi connectivity index (χ0n) is 58.0. The van der Waals surface area contributed by atoms with Crippen LogP contribution in [0.3, 0.4) is 0 Å². The van der Waals surface area contributed by atoms with Gasteiger partial charge >= 0.3 is 11.9 Å². The van der Waals surface area contributed by atoms with Crippen molar-refractivity contribution in [3.05, 3.63) is 142 Å². The van der Waals surface area contributed by atoms with E-state index < -0.39 is 37.4 Å². The molecule has 528 valence electrons. The van der Waals surface area contributed by atoms with Gasteiger partial charge in [-0.05, 0) is 126 Å². The molecule has 24 heteroatoms. The molecule has 2 aliphatic rings. The number of fused-ring (bicyclic) bond motifs is 2. The SMILES string of the molecule is COc1ccc(CC2c3cc(OC)c(OC)cc3CC[N+]2(C)CC(OCC(=O)c2ccc(OC)c(OC)c2)C(=O)OCCCCCOC(=O)C(C[N+]2(C)CCc3cc(OC)c(OC)cc3C2Cc2ccc(OC)c(OC)c2)OCC(=O)c2ccc(OC)c(OC)c2)cc1OC.[I-].[I-]. The molecule has 6 aromatic carbocycles. The number of rotatable bonds is 36. The summed E-state index contributed by atoms with van der Waals surface area (Å²) in [7, 11) is 22.9. The van der Waals surface area contributed by atoms with Crippen molar-refractivity contribution in [1.29, 1.82) is 0 Å². The lowest BCUT2D eigenvalue weighted by Gasteiger charge is -2.47. The quantitative estimate of drug-likeness (QED) is 0.0179. The fourth-order valence-electron chi connectivity index (χ4n) is 12.8. The molecule has 0 saturated heterocycles. The van der Waals surface area contributed by atoms with Crippen LogP contribution in [0, 0.1) is 0 Å². The fraction of sp³-hybridized carbons (Fsp3) is 0.452. The van der Waals surface area contributed by atoms with Crippen LogP contribution in [0.25, 0.3) is 0 Å². The van der Waals surface area contributed by atoms with Crippen molar-refractivity contribution in [3.8, 4) is 69.0 Å². The second kappa shape index (κ2) is 36.9. The highest BCUT2D eigenvalue weighted by atomic mass is 127. The van der Waals surface area contributed by atoms with E-state index in [2.05, 4.69) is 14.1 Å². The number of carbonyl (C=O) groups is 4. The Bertz CT molecular complexity index is 3410. The summed E-state index contributed by atoms with van der Waals surface area (Å²) in [5, 5.41) is 0. The van der Waals surface area contributed by atoms with Crippen LogP contribution in [-0.2, 0) is 54.2 Å². The van der Waals surface area contributed by atoms with Crippen LogP contribution in [-0.4, -0.2) is 197 Å². The van der Waals surface area contributed by atoms with Gasteiger partial charge in [-0.2, -0.15) is 0 Å². The predicted molar refractivity (Wildman–Crippen MR) is 353 cm³/mol. The monoisotopic (exact) mass is 1570 g/mol. The summed E-state index contributed by atoms with van der Waals surface area (Å²) >= 11 is 0. The molecule has 6 atom stereocenters. The molecule has 2 heterocycles. The van der Waals surface area contributed by atoms with Crippen molar-refractivity contribution >= 4 is 23.5 Å². The van der Waals surface area contributed by atoms with Crippen LogP contribution >= 0.6 is 0 Å². The van der Waals surface area contributed by atoms with Crippen LogP contribution in [0.4, 0.5) is 0 Å². The van der Waals surface area contributed by atoms with Crippen LogP contribution in [0.2, 0.25) is 0 Å². The van der Waals surface area contributed by atoms with Gasteiger partial charge in [0.15, 0.2) is 80.6 Å². The van der Waals surface area contributed by atoms with Gasteiger partial charge in [0.2, 0.25) is 12.2 Å². The van der Waals surface area contributed by atoms with Crippen LogP contribution in [0.15, 0.2) is 97.1 Å². The van der Waals surface area contributed by atoms with Crippen LogP contribution in [0.1, 0.15) is 85.4 Å². The van der Waals surface area contributed by atoms with Crippen LogP contribution in [0.5, 0.6) is 69.0 Å². The van der Waals surface area contributed by atoms with Crippen molar-refractivity contribution in [2.45, 2.75) is 69.2 Å². The summed E-state index contributed by atoms with van der Waals surface area (Å²) < 4.78 is 93.2. The first kappa shape index (κ1) is 78.5. The first-order valence-electron chi connectivity index (χ1n) is 31.5. The van der Waals surface area contributed by atoms with Crippen molar-refractivity contribution in [3.63, 3.8) is 0 Å². The normalized spacial score (nSPS) is 17.3. The molecule has 0 aliphatic carbocycles. The highest BCUT2D eigenvalue weighted by Gasteiger charge is 2.46. The number of halogens is 2. The lowest BCUT2D eigenvalue weighted by molar-refractivity contribution is -0.943. The Labute approximate surface area is 603 Å². The van der Waals surface area contributed by atoms with Gasteiger partial charge in [0, 0.05) is 47.9 Å². The summed E-state index contributed by atoms with van der Waals surface area (Å²) in [6.07, 6.45) is 1.22. The maximum absolute atomic E-state index is 14.6. The molecule has 6 unspecified atom stereocenters. The molecule has 0 fully saturated rings. The minimum atomic E-state index is -1.20. The van der Waals surface area contributed by atoms with E-state index in [0.29, 0.717) is 147 Å². The van der Waals surface area contributed by atoms with E-state index in [1.807, 2.05) is 60.7 Å². The van der Waals surface area contributed by atoms with Gasteiger partial charge in [0.05, 0.1) is 126 Å². The third-order valence-electron chi connectivity index (χ3n) is 18.3. The molecule has 0 amide bonds. The molecule has 0 aromatic heterocycles. The van der Waals surface area contributed by atoms with Crippen molar-refractivity contribution in [2.75, 3.05) is 152 Å². The fourth-order valence-corrected chi connectivity index (χ4v) is 12.8. The number of ketones is 2. The summed E-state index contributed by atoms with van der Waals surface area (Å²) in [6, 6.07) is 28.8. The van der Waals surface area contributed by atoms with Crippen molar-refractivity contribution in [2.24, 2.45) is 0 Å². The molecular weight excluding hydrogens is 1480 g/mol. The Kier molecular flexibility index (Phi) is 29.9. The molecule has 0 spiro atoms. The summed E-state index contributed by atoms with van der Waals surface area (Å²) in [6.45, 7) is 0.583. The zero-order chi connectivity index (χ0) is 68.4. The minimum absolute atomic E-state index is 0. The zero-order valence-corrected chi connectivity index (χ0v) is 62.3. The molecule has 0 N–H and O–H groups in total. The number of Topliss-reactive ketones (excluding diaryl/α,β-unsaturated/α-hetero) is 2. The topological polar surface area (TPSA) is 216 Å². The summed E-state index contributed by atoms with van der Waals surface area (Å²) in [5.74, 6) is 4.26. The number of nitrogens with zero attached hydrogens (tertiary/aromatic N) is 2. The number of quaternary nitrogens is 2. The van der Waals surface area contributed by atoms with Crippen molar-refractivity contribution in [1.82, 2.24) is 0 Å². The van der Waals surface area contributed by atoms with Gasteiger partial charge in [0.1, 0.15) is 38.4 Å². The Morgan fingerprint density at radius 1 is 0.381 bits per heavy atom. The van der Waals surface area contributed by atoms with Crippen molar-refractivity contribution < 1.29 is 152 Å². The lowest BCUT2D eigenvalue weighted by Crippen LogP contribution is -3.00. The largest absolute Gasteiger partial charge is 1.00 e. The van der Waals surface area contributed by atoms with E-state index in [-0.39, 0.29) is 97.9 Å². The number of ether oxygens (including phenoxy) is 16. The average molecular weight is 1570 g/mol. The predicted octanol–water partition coefficient (Wildman–Crippen LogP) is 3.86. The Morgan fingerprint density at radius 3 is 1.01 bits per heavy atom. The van der Waals surface area contributed by atoms with E-state index in [4.69, 9.17) is 75.8 Å². The van der Waals surface area contributed by atoms with E-state index in [9.17, 15) is 19.2 Å². The Hall–Kier alpha value is -7.50. The van der Waals surface area contributed by atoms with E-state index in [1.54, 1.807) is 93.3 Å². The molecule has 6 aromatic rings. The number of hydrogen-bond donors (Lipinski definition) is 0. The molecule has 2 aliphatic heterocycles. The summed E-state index contributed by atoms with van der Waals surface area (Å²) in [4.78, 5) is 57.2. The van der Waals surface area contributed by atoms with E-state index in [1.165, 1.54) is 28.4 Å². The number of likely N-dealkylation sites (N-methyl/N-ethyl adjacent to an activating group) is 2. The third-order valence-corrected chi connectivity index (χ3v) is 18.3. The maximum atomic E-state index is 14.6. The highest BCUT2D eigenvalue weighted by molar-refractivity contribution is 5.98. The lowest BCUT2D eigenvalue weighted by atomic mass is 9.86. The number of unbranched alkanes of at least 4 members (excludes halogenated alkanes) is 2. The van der Waals surface area contributed by atoms with Gasteiger partial charge in [-0.1, -0.05) is 12.1 Å². The Balaban J connectivity index is 0.00000743. The first-order chi connectivity index (χ1) is 45.9. The van der Waals surface area contributed by atoms with Gasteiger partial charge in [-0.25, -0.2) is 9.59 Å². The summed E-state index contributed by atoms with van der Waals surface area (Å²) in [5.41, 5.74) is 6.70. The Morgan fingerprint density at radius 2 is 0.680 bits per heavy atom. The molecule has 0 saturated carbocycles. The number of esters is 2. The molecular formula is C73H92I2N2O20. The number of carbonyl (C=O) groups excluding carboxylic acids is 4. The number of benzene rings is 6. The molecule has 0 bridgehead atoms. The first-order valence-corrected chi connectivity index (χ1v) is 31.5. The van der Waals surface area contributed by atoms with Gasteiger partial charge in [-0.15, -0.1) is 0 Å². The van der Waals surface area contributed by atoms with E-state index >= 15 is 0 Å². The minimum Gasteiger partial charge on any atom is -1.00 e. The second-order valence-corrected chi connectivity index (χ2v) is 23.9. The van der Waals surface area contributed by atoms with Crippen LogP contribution < -0.4 is 105 Å². The second-order valence-electron chi connectivity index (χ2n) is 23.9. The highest BCUT2D eigenvalue weighted by Crippen LogP contribution is 2.46. The molecule has 97 heavy (non-hydrogen) atoms. The average Bonchev–Trinajstić information content (AvgIpc) is 0.761. The molecule has 22 nitrogen and oxygen atoms in total. The van der Waals surface area contributed by atoms with Gasteiger partial charge in [0.25, 0.3) is 0 Å². The molecule has 8 rings (SSSR count). The van der Waals surface area contributed by atoms with Gasteiger partial charge < -0.3 is 133 Å². The number of hydrogen-bond acceptors (Lipinski definition) is 20. The third kappa shape index (κ3) is 19.0. The van der Waals surface area contributed by atoms with E-state index in [0.717, 1.165) is 33.4 Å².